The largest absolute Gasteiger partial charge is 0.392 e. The molecule has 1 N–H and O–H groups in total. The normalized spacial score (nSPS) is 27.3. The average molecular weight is 269 g/mol. The molecule has 0 bridgehead atoms. The number of hydrogen-bond acceptors (Lipinski definition) is 2. The lowest BCUT2D eigenvalue weighted by molar-refractivity contribution is 0.0711. The van der Waals surface area contributed by atoms with Gasteiger partial charge in [-0.05, 0) is 32.4 Å². The lowest BCUT2D eigenvalue weighted by Gasteiger charge is -2.29. The Morgan fingerprint density at radius 1 is 1.55 bits per heavy atom. The fourth-order valence-electron chi connectivity index (χ4n) is 1.52. The van der Waals surface area contributed by atoms with E-state index in [9.17, 15) is 5.11 Å². The SMILES string of the molecule is OC1CCCN(CCCI)C1. The summed E-state index contributed by atoms with van der Waals surface area (Å²) in [5.74, 6) is 0. The van der Waals surface area contributed by atoms with Crippen molar-refractivity contribution in [2.45, 2.75) is 25.4 Å². The van der Waals surface area contributed by atoms with E-state index in [0.29, 0.717) is 0 Å². The molecule has 1 rings (SSSR count). The van der Waals surface area contributed by atoms with E-state index in [2.05, 4.69) is 27.5 Å². The van der Waals surface area contributed by atoms with Crippen molar-refractivity contribution in [3.63, 3.8) is 0 Å². The molecule has 1 fully saturated rings. The van der Waals surface area contributed by atoms with Crippen molar-refractivity contribution in [1.29, 1.82) is 0 Å². The van der Waals surface area contributed by atoms with Crippen LogP contribution in [0.5, 0.6) is 0 Å². The molecule has 0 saturated carbocycles. The van der Waals surface area contributed by atoms with Crippen molar-refractivity contribution in [3.8, 4) is 0 Å². The van der Waals surface area contributed by atoms with Crippen LogP contribution in [-0.4, -0.2) is 40.2 Å². The van der Waals surface area contributed by atoms with Crippen LogP contribution >= 0.6 is 22.6 Å². The maximum absolute atomic E-state index is 9.34. The molecule has 2 nitrogen and oxygen atoms in total. The molecule has 1 saturated heterocycles. The van der Waals surface area contributed by atoms with Crippen molar-refractivity contribution in [2.24, 2.45) is 0 Å². The van der Waals surface area contributed by atoms with E-state index < -0.39 is 0 Å². The first-order valence-electron chi connectivity index (χ1n) is 4.29. The molecule has 1 aliphatic heterocycles. The Morgan fingerprint density at radius 2 is 2.36 bits per heavy atom. The predicted molar refractivity (Wildman–Crippen MR) is 55.2 cm³/mol. The minimum absolute atomic E-state index is 0.0574. The summed E-state index contributed by atoms with van der Waals surface area (Å²) in [5.41, 5.74) is 0. The zero-order chi connectivity index (χ0) is 8.10. The lowest BCUT2D eigenvalue weighted by Crippen LogP contribution is -2.38. The van der Waals surface area contributed by atoms with Gasteiger partial charge in [0, 0.05) is 11.0 Å². The number of aliphatic hydroxyl groups is 1. The van der Waals surface area contributed by atoms with Crippen molar-refractivity contribution in [3.05, 3.63) is 0 Å². The number of nitrogens with zero attached hydrogens (tertiary/aromatic N) is 1. The molecule has 0 aliphatic carbocycles. The Bertz CT molecular complexity index is 110. The second-order valence-corrected chi connectivity index (χ2v) is 4.22. The molecular weight excluding hydrogens is 253 g/mol. The number of hydrogen-bond donors (Lipinski definition) is 1. The third-order valence-corrected chi connectivity index (χ3v) is 2.85. The molecule has 1 heterocycles. The van der Waals surface area contributed by atoms with Gasteiger partial charge >= 0.3 is 0 Å². The summed E-state index contributed by atoms with van der Waals surface area (Å²) >= 11 is 2.40. The van der Waals surface area contributed by atoms with Gasteiger partial charge in [0.15, 0.2) is 0 Å². The first kappa shape index (κ1) is 9.74. The number of halogens is 1. The lowest BCUT2D eigenvalue weighted by atomic mass is 10.1. The Balaban J connectivity index is 2.12. The molecule has 0 amide bonds. The number of aliphatic hydroxyl groups excluding tert-OH is 1. The summed E-state index contributed by atoms with van der Waals surface area (Å²) in [6.07, 6.45) is 3.37. The number of β-amino-alcohol motifs (C(OH)–C–C–N with tert-alkyl or cyclic N) is 1. The van der Waals surface area contributed by atoms with E-state index in [0.717, 1.165) is 13.0 Å². The molecule has 1 unspecified atom stereocenters. The Hall–Kier alpha value is 0.650. The third kappa shape index (κ3) is 3.71. The predicted octanol–water partition coefficient (Wildman–Crippen LogP) is 1.27. The van der Waals surface area contributed by atoms with Gasteiger partial charge in [0.1, 0.15) is 0 Å². The highest BCUT2D eigenvalue weighted by molar-refractivity contribution is 14.1. The van der Waals surface area contributed by atoms with Crippen molar-refractivity contribution < 1.29 is 5.11 Å². The third-order valence-electron chi connectivity index (χ3n) is 2.09. The Morgan fingerprint density at radius 3 is 3.00 bits per heavy atom. The highest BCUT2D eigenvalue weighted by Gasteiger charge is 2.16. The number of likely N-dealkylation sites (tertiary alicyclic amines) is 1. The van der Waals surface area contributed by atoms with Crippen LogP contribution in [0, 0.1) is 0 Å². The summed E-state index contributed by atoms with van der Waals surface area (Å²) in [7, 11) is 0. The van der Waals surface area contributed by atoms with Gasteiger partial charge in [0.2, 0.25) is 0 Å². The van der Waals surface area contributed by atoms with E-state index in [1.165, 1.54) is 30.4 Å². The molecule has 0 spiro atoms. The van der Waals surface area contributed by atoms with E-state index in [4.69, 9.17) is 0 Å². The van der Waals surface area contributed by atoms with Gasteiger partial charge in [-0.2, -0.15) is 0 Å². The van der Waals surface area contributed by atoms with Gasteiger partial charge in [-0.3, -0.25) is 0 Å². The zero-order valence-electron chi connectivity index (χ0n) is 6.80. The van der Waals surface area contributed by atoms with E-state index in [-0.39, 0.29) is 6.10 Å². The highest BCUT2D eigenvalue weighted by Crippen LogP contribution is 2.09. The van der Waals surface area contributed by atoms with Crippen LogP contribution in [0.2, 0.25) is 0 Å². The van der Waals surface area contributed by atoms with Gasteiger partial charge in [-0.25, -0.2) is 0 Å². The molecule has 3 heteroatoms. The van der Waals surface area contributed by atoms with Crippen LogP contribution in [0.4, 0.5) is 0 Å². The van der Waals surface area contributed by atoms with Crippen molar-refractivity contribution in [1.82, 2.24) is 4.90 Å². The maximum atomic E-state index is 9.34. The molecule has 0 aromatic carbocycles. The van der Waals surface area contributed by atoms with Crippen LogP contribution in [0.25, 0.3) is 0 Å². The first-order chi connectivity index (χ1) is 5.33. The Kier molecular flexibility index (Phi) is 4.71. The first-order valence-corrected chi connectivity index (χ1v) is 5.82. The van der Waals surface area contributed by atoms with Gasteiger partial charge in [-0.15, -0.1) is 0 Å². The molecule has 0 radical (unpaired) electrons. The quantitative estimate of drug-likeness (QED) is 0.616. The molecule has 11 heavy (non-hydrogen) atoms. The van der Waals surface area contributed by atoms with Gasteiger partial charge < -0.3 is 10.0 Å². The summed E-state index contributed by atoms with van der Waals surface area (Å²) in [6.45, 7) is 3.25. The topological polar surface area (TPSA) is 23.5 Å². The van der Waals surface area contributed by atoms with Crippen molar-refractivity contribution >= 4 is 22.6 Å². The van der Waals surface area contributed by atoms with Crippen molar-refractivity contribution in [2.75, 3.05) is 24.1 Å². The highest BCUT2D eigenvalue weighted by atomic mass is 127. The number of piperidine rings is 1. The van der Waals surface area contributed by atoms with Crippen LogP contribution in [0.3, 0.4) is 0 Å². The minimum Gasteiger partial charge on any atom is -0.392 e. The van der Waals surface area contributed by atoms with Crippen LogP contribution < -0.4 is 0 Å². The van der Waals surface area contributed by atoms with E-state index >= 15 is 0 Å². The smallest absolute Gasteiger partial charge is 0.0667 e. The van der Waals surface area contributed by atoms with Crippen LogP contribution in [0.15, 0.2) is 0 Å². The summed E-state index contributed by atoms with van der Waals surface area (Å²) in [5, 5.41) is 9.34. The average Bonchev–Trinajstić information content (AvgIpc) is 2.01. The van der Waals surface area contributed by atoms with Crippen LogP contribution in [-0.2, 0) is 0 Å². The van der Waals surface area contributed by atoms with E-state index in [1.54, 1.807) is 0 Å². The fraction of sp³-hybridized carbons (Fsp3) is 1.00. The number of rotatable bonds is 3. The summed E-state index contributed by atoms with van der Waals surface area (Å²) < 4.78 is 1.23. The minimum atomic E-state index is -0.0574. The second kappa shape index (κ2) is 5.32. The number of alkyl halides is 1. The summed E-state index contributed by atoms with van der Waals surface area (Å²) in [6, 6.07) is 0. The standard InChI is InChI=1S/C8H16INO/c9-4-2-6-10-5-1-3-8(11)7-10/h8,11H,1-7H2. The van der Waals surface area contributed by atoms with Gasteiger partial charge in [-0.1, -0.05) is 22.6 Å². The zero-order valence-corrected chi connectivity index (χ0v) is 8.96. The van der Waals surface area contributed by atoms with Crippen LogP contribution in [0.1, 0.15) is 19.3 Å². The molecule has 1 atom stereocenters. The second-order valence-electron chi connectivity index (χ2n) is 3.14. The Labute approximate surface area is 82.1 Å². The molecule has 1 aliphatic rings. The van der Waals surface area contributed by atoms with Gasteiger partial charge in [0.25, 0.3) is 0 Å². The molecule has 66 valence electrons. The van der Waals surface area contributed by atoms with Gasteiger partial charge in [0.05, 0.1) is 6.10 Å². The molecule has 0 aromatic rings. The molecule has 0 aromatic heterocycles. The van der Waals surface area contributed by atoms with E-state index in [1.807, 2.05) is 0 Å². The summed E-state index contributed by atoms with van der Waals surface area (Å²) in [4.78, 5) is 2.37. The maximum Gasteiger partial charge on any atom is 0.0667 e. The monoisotopic (exact) mass is 269 g/mol. The molecular formula is C8H16INO. The fourth-order valence-corrected chi connectivity index (χ4v) is 1.86.